The third-order valence-corrected chi connectivity index (χ3v) is 4.39. The molecule has 0 amide bonds. The average Bonchev–Trinajstić information content (AvgIpc) is 3.03. The van der Waals surface area contributed by atoms with Crippen molar-refractivity contribution in [3.05, 3.63) is 18.0 Å². The first-order valence-corrected chi connectivity index (χ1v) is 7.36. The highest BCUT2D eigenvalue weighted by atomic mass is 15.3. The van der Waals surface area contributed by atoms with E-state index in [0.717, 1.165) is 25.6 Å². The van der Waals surface area contributed by atoms with E-state index in [4.69, 9.17) is 0 Å². The number of aromatic nitrogens is 2. The van der Waals surface area contributed by atoms with Crippen molar-refractivity contribution in [1.29, 1.82) is 0 Å². The molecule has 4 nitrogen and oxygen atoms in total. The molecule has 2 atom stereocenters. The molecule has 4 heteroatoms. The quantitative estimate of drug-likeness (QED) is 0.859. The fourth-order valence-electron chi connectivity index (χ4n) is 3.48. The van der Waals surface area contributed by atoms with Crippen LogP contribution in [0.15, 0.2) is 12.3 Å². The van der Waals surface area contributed by atoms with Gasteiger partial charge < -0.3 is 5.32 Å². The molecular weight excluding hydrogens is 224 g/mol. The lowest BCUT2D eigenvalue weighted by Crippen LogP contribution is -2.39. The van der Waals surface area contributed by atoms with E-state index in [-0.39, 0.29) is 0 Å². The highest BCUT2D eigenvalue weighted by molar-refractivity contribution is 5.02. The first-order valence-electron chi connectivity index (χ1n) is 7.36. The molecule has 1 aromatic rings. The Bertz CT molecular complexity index is 387. The van der Waals surface area contributed by atoms with Gasteiger partial charge in [0.05, 0.1) is 5.69 Å². The molecule has 100 valence electrons. The van der Waals surface area contributed by atoms with E-state index < -0.39 is 0 Å². The van der Waals surface area contributed by atoms with Gasteiger partial charge in [-0.3, -0.25) is 9.58 Å². The lowest BCUT2D eigenvalue weighted by atomic mass is 10.1. The maximum Gasteiger partial charge on any atom is 0.0522 e. The molecule has 0 aromatic carbocycles. The Labute approximate surface area is 109 Å². The third kappa shape index (κ3) is 2.31. The average molecular weight is 248 g/mol. The largest absolute Gasteiger partial charge is 0.307 e. The Morgan fingerprint density at radius 2 is 2.33 bits per heavy atom. The monoisotopic (exact) mass is 248 g/mol. The van der Waals surface area contributed by atoms with Gasteiger partial charge in [-0.2, -0.15) is 5.10 Å². The molecule has 0 spiro atoms. The molecule has 2 aliphatic rings. The second kappa shape index (κ2) is 5.41. The van der Waals surface area contributed by atoms with Crippen LogP contribution in [0.3, 0.4) is 0 Å². The minimum absolute atomic E-state index is 0.692. The van der Waals surface area contributed by atoms with Crippen molar-refractivity contribution in [2.75, 3.05) is 13.1 Å². The summed E-state index contributed by atoms with van der Waals surface area (Å²) in [7, 11) is 0. The Morgan fingerprint density at radius 1 is 1.39 bits per heavy atom. The van der Waals surface area contributed by atoms with Crippen molar-refractivity contribution in [2.24, 2.45) is 0 Å². The van der Waals surface area contributed by atoms with E-state index in [9.17, 15) is 0 Å². The summed E-state index contributed by atoms with van der Waals surface area (Å²) in [5, 5.41) is 8.14. The van der Waals surface area contributed by atoms with Gasteiger partial charge in [0.15, 0.2) is 0 Å². The van der Waals surface area contributed by atoms with E-state index in [0.29, 0.717) is 6.04 Å². The number of nitrogens with zero attached hydrogens (tertiary/aromatic N) is 3. The van der Waals surface area contributed by atoms with Gasteiger partial charge >= 0.3 is 0 Å². The number of nitrogens with one attached hydrogen (secondary N) is 1. The highest BCUT2D eigenvalue weighted by Crippen LogP contribution is 2.27. The predicted molar refractivity (Wildman–Crippen MR) is 72.4 cm³/mol. The standard InChI is InChI=1S/C14H24N4/c1-2-8-18-12(5-7-16-18)11-15-13-6-10-17-9-3-4-14(13)17/h5,7,13-15H,2-4,6,8-11H2,1H3. The molecule has 2 aliphatic heterocycles. The Morgan fingerprint density at radius 3 is 3.22 bits per heavy atom. The molecule has 3 rings (SSSR count). The van der Waals surface area contributed by atoms with E-state index in [1.165, 1.54) is 38.0 Å². The fraction of sp³-hybridized carbons (Fsp3) is 0.786. The normalized spacial score (nSPS) is 27.8. The second-order valence-electron chi connectivity index (χ2n) is 5.57. The van der Waals surface area contributed by atoms with Crippen molar-refractivity contribution in [2.45, 2.75) is 57.8 Å². The Kier molecular flexibility index (Phi) is 3.66. The van der Waals surface area contributed by atoms with Crippen molar-refractivity contribution in [3.8, 4) is 0 Å². The van der Waals surface area contributed by atoms with Crippen LogP contribution >= 0.6 is 0 Å². The van der Waals surface area contributed by atoms with Gasteiger partial charge in [-0.15, -0.1) is 0 Å². The van der Waals surface area contributed by atoms with Gasteiger partial charge in [-0.1, -0.05) is 6.92 Å². The van der Waals surface area contributed by atoms with E-state index in [1.807, 2.05) is 6.20 Å². The first-order chi connectivity index (χ1) is 8.88. The zero-order chi connectivity index (χ0) is 12.4. The maximum atomic E-state index is 4.38. The summed E-state index contributed by atoms with van der Waals surface area (Å²) in [6, 6.07) is 3.63. The minimum Gasteiger partial charge on any atom is -0.307 e. The van der Waals surface area contributed by atoms with Crippen LogP contribution in [0.25, 0.3) is 0 Å². The van der Waals surface area contributed by atoms with Crippen LogP contribution in [-0.4, -0.2) is 39.9 Å². The number of hydrogen-bond acceptors (Lipinski definition) is 3. The number of hydrogen-bond donors (Lipinski definition) is 1. The zero-order valence-electron chi connectivity index (χ0n) is 11.3. The van der Waals surface area contributed by atoms with Gasteiger partial charge in [0.2, 0.25) is 0 Å². The van der Waals surface area contributed by atoms with E-state index in [1.54, 1.807) is 0 Å². The summed E-state index contributed by atoms with van der Waals surface area (Å²) in [6.45, 7) is 6.80. The smallest absolute Gasteiger partial charge is 0.0522 e. The van der Waals surface area contributed by atoms with Gasteiger partial charge in [-0.25, -0.2) is 0 Å². The molecule has 0 radical (unpaired) electrons. The van der Waals surface area contributed by atoms with Crippen molar-refractivity contribution in [1.82, 2.24) is 20.0 Å². The van der Waals surface area contributed by atoms with Crippen LogP contribution in [0.4, 0.5) is 0 Å². The van der Waals surface area contributed by atoms with Gasteiger partial charge in [0, 0.05) is 37.9 Å². The molecular formula is C14H24N4. The molecule has 0 saturated carbocycles. The lowest BCUT2D eigenvalue weighted by Gasteiger charge is -2.21. The molecule has 3 heterocycles. The minimum atomic E-state index is 0.692. The van der Waals surface area contributed by atoms with Crippen molar-refractivity contribution >= 4 is 0 Å². The number of rotatable bonds is 5. The zero-order valence-corrected chi connectivity index (χ0v) is 11.3. The summed E-state index contributed by atoms with van der Waals surface area (Å²) in [5.74, 6) is 0. The molecule has 18 heavy (non-hydrogen) atoms. The summed E-state index contributed by atoms with van der Waals surface area (Å²) in [5.41, 5.74) is 1.33. The topological polar surface area (TPSA) is 33.1 Å². The van der Waals surface area contributed by atoms with Crippen LogP contribution in [0, 0.1) is 0 Å². The molecule has 1 N–H and O–H groups in total. The van der Waals surface area contributed by atoms with Gasteiger partial charge in [-0.05, 0) is 38.3 Å². The Hall–Kier alpha value is -0.870. The van der Waals surface area contributed by atoms with Crippen molar-refractivity contribution in [3.63, 3.8) is 0 Å². The van der Waals surface area contributed by atoms with Crippen LogP contribution < -0.4 is 5.32 Å². The predicted octanol–water partition coefficient (Wildman–Crippen LogP) is 1.62. The summed E-state index contributed by atoms with van der Waals surface area (Å²) < 4.78 is 2.13. The maximum absolute atomic E-state index is 4.38. The van der Waals surface area contributed by atoms with E-state index in [2.05, 4.69) is 33.0 Å². The lowest BCUT2D eigenvalue weighted by molar-refractivity contribution is 0.297. The third-order valence-electron chi connectivity index (χ3n) is 4.39. The second-order valence-corrected chi connectivity index (χ2v) is 5.57. The van der Waals surface area contributed by atoms with Crippen LogP contribution in [-0.2, 0) is 13.1 Å². The van der Waals surface area contributed by atoms with Crippen LogP contribution in [0.1, 0.15) is 38.3 Å². The molecule has 0 bridgehead atoms. The number of aryl methyl sites for hydroxylation is 1. The molecule has 0 aliphatic carbocycles. The molecule has 2 unspecified atom stereocenters. The first kappa shape index (κ1) is 12.2. The molecule has 2 fully saturated rings. The molecule has 1 aromatic heterocycles. The summed E-state index contributed by atoms with van der Waals surface area (Å²) >= 11 is 0. The van der Waals surface area contributed by atoms with E-state index >= 15 is 0 Å². The number of fused-ring (bicyclic) bond motifs is 1. The van der Waals surface area contributed by atoms with Crippen molar-refractivity contribution < 1.29 is 0 Å². The van der Waals surface area contributed by atoms with Gasteiger partial charge in [0.1, 0.15) is 0 Å². The van der Waals surface area contributed by atoms with Gasteiger partial charge in [0.25, 0.3) is 0 Å². The van der Waals surface area contributed by atoms with Crippen LogP contribution in [0.2, 0.25) is 0 Å². The summed E-state index contributed by atoms with van der Waals surface area (Å²) in [4.78, 5) is 2.65. The Balaban J connectivity index is 1.56. The van der Waals surface area contributed by atoms with Crippen LogP contribution in [0.5, 0.6) is 0 Å². The SMILES string of the molecule is CCCn1nccc1CNC1CCN2CCCC12. The molecule has 2 saturated heterocycles. The fourth-order valence-corrected chi connectivity index (χ4v) is 3.48. The highest BCUT2D eigenvalue weighted by Gasteiger charge is 2.36. The summed E-state index contributed by atoms with van der Waals surface area (Å²) in [6.07, 6.45) is 7.15.